The Hall–Kier alpha value is -0.310. The molecule has 21 heavy (non-hydrogen) atoms. The number of ether oxygens (including phenoxy) is 1. The van der Waals surface area contributed by atoms with Gasteiger partial charge in [0.15, 0.2) is 8.68 Å². The van der Waals surface area contributed by atoms with Crippen LogP contribution in [0.5, 0.6) is 0 Å². The van der Waals surface area contributed by atoms with Gasteiger partial charge in [0.25, 0.3) is 0 Å². The van der Waals surface area contributed by atoms with Gasteiger partial charge >= 0.3 is 5.97 Å². The average molecular weight is 348 g/mol. The van der Waals surface area contributed by atoms with Gasteiger partial charge in [-0.3, -0.25) is 4.79 Å². The number of rotatable bonds is 9. The number of likely N-dealkylation sites (N-methyl/N-ethyl adjacent to an activating group) is 1. The number of hydrogen-bond donors (Lipinski definition) is 1. The smallest absolute Gasteiger partial charge is 0.327 e. The Kier molecular flexibility index (Phi) is 6.34. The van der Waals surface area contributed by atoms with Gasteiger partial charge in [-0.25, -0.2) is 0 Å². The minimum atomic E-state index is -0.583. The highest BCUT2D eigenvalue weighted by molar-refractivity contribution is 8.03. The summed E-state index contributed by atoms with van der Waals surface area (Å²) in [5.74, 6) is 0.890. The molecule has 0 saturated heterocycles. The summed E-state index contributed by atoms with van der Waals surface area (Å²) in [7, 11) is 0. The number of esters is 1. The minimum absolute atomic E-state index is 0.128. The van der Waals surface area contributed by atoms with E-state index >= 15 is 0 Å². The lowest BCUT2D eigenvalue weighted by Crippen LogP contribution is -2.57. The summed E-state index contributed by atoms with van der Waals surface area (Å²) in [6.07, 6.45) is 4.15. The normalized spacial score (nSPS) is 17.5. The zero-order chi connectivity index (χ0) is 15.3. The molecule has 1 unspecified atom stereocenters. The number of hydrogen-bond acceptors (Lipinski definition) is 8. The first-order valence-corrected chi connectivity index (χ1v) is 10.1. The lowest BCUT2D eigenvalue weighted by Gasteiger charge is -2.31. The van der Waals surface area contributed by atoms with Gasteiger partial charge in [0.2, 0.25) is 0 Å². The molecule has 1 N–H and O–H groups in total. The third-order valence-electron chi connectivity index (χ3n) is 3.39. The van der Waals surface area contributed by atoms with Gasteiger partial charge in [0, 0.05) is 5.75 Å². The van der Waals surface area contributed by atoms with Crippen molar-refractivity contribution in [2.45, 2.75) is 40.9 Å². The summed E-state index contributed by atoms with van der Waals surface area (Å²) in [6, 6.07) is 0. The second kappa shape index (κ2) is 7.80. The van der Waals surface area contributed by atoms with E-state index in [9.17, 15) is 4.79 Å². The SMILES string of the molecule is CCNC(CSc1nnc(SC)s1)(C(=O)OCC)C1CC1. The third-order valence-corrected chi connectivity index (χ3v) is 6.62. The van der Waals surface area contributed by atoms with E-state index in [4.69, 9.17) is 4.74 Å². The van der Waals surface area contributed by atoms with Crippen LogP contribution in [-0.2, 0) is 9.53 Å². The van der Waals surface area contributed by atoms with Gasteiger partial charge < -0.3 is 10.1 Å². The van der Waals surface area contributed by atoms with E-state index in [2.05, 4.69) is 15.5 Å². The maximum absolute atomic E-state index is 12.5. The molecule has 1 aromatic rings. The molecule has 0 spiro atoms. The van der Waals surface area contributed by atoms with Crippen LogP contribution in [0.25, 0.3) is 0 Å². The monoisotopic (exact) mass is 347 g/mol. The van der Waals surface area contributed by atoms with Crippen LogP contribution in [0.3, 0.4) is 0 Å². The van der Waals surface area contributed by atoms with Crippen LogP contribution in [0.2, 0.25) is 0 Å². The van der Waals surface area contributed by atoms with Crippen molar-refractivity contribution in [1.29, 1.82) is 0 Å². The molecule has 5 nitrogen and oxygen atoms in total. The number of aromatic nitrogens is 2. The van der Waals surface area contributed by atoms with Gasteiger partial charge in [0.1, 0.15) is 5.54 Å². The van der Waals surface area contributed by atoms with E-state index in [-0.39, 0.29) is 5.97 Å². The molecule has 0 aromatic carbocycles. The molecular formula is C13H21N3O2S3. The maximum Gasteiger partial charge on any atom is 0.327 e. The predicted octanol–water partition coefficient (Wildman–Crippen LogP) is 2.67. The summed E-state index contributed by atoms with van der Waals surface area (Å²) in [6.45, 7) is 5.04. The summed E-state index contributed by atoms with van der Waals surface area (Å²) < 4.78 is 7.19. The summed E-state index contributed by atoms with van der Waals surface area (Å²) >= 11 is 4.76. The molecule has 118 valence electrons. The molecule has 1 fully saturated rings. The Labute approximate surface area is 138 Å². The van der Waals surface area contributed by atoms with Crippen molar-refractivity contribution in [1.82, 2.24) is 15.5 Å². The molecule has 0 aliphatic heterocycles. The van der Waals surface area contributed by atoms with E-state index in [1.54, 1.807) is 34.9 Å². The summed E-state index contributed by atoms with van der Waals surface area (Å²) in [5, 5.41) is 11.7. The van der Waals surface area contributed by atoms with E-state index < -0.39 is 5.54 Å². The molecule has 0 amide bonds. The third kappa shape index (κ3) is 4.12. The van der Waals surface area contributed by atoms with Crippen molar-refractivity contribution in [2.75, 3.05) is 25.2 Å². The van der Waals surface area contributed by atoms with Crippen LogP contribution < -0.4 is 5.32 Å². The number of nitrogens with one attached hydrogen (secondary N) is 1. The second-order valence-electron chi connectivity index (χ2n) is 4.82. The molecule has 1 aliphatic rings. The predicted molar refractivity (Wildman–Crippen MR) is 88.2 cm³/mol. The highest BCUT2D eigenvalue weighted by Gasteiger charge is 2.51. The van der Waals surface area contributed by atoms with Crippen molar-refractivity contribution in [3.8, 4) is 0 Å². The van der Waals surface area contributed by atoms with Crippen LogP contribution in [0.1, 0.15) is 26.7 Å². The van der Waals surface area contributed by atoms with Crippen molar-refractivity contribution in [3.05, 3.63) is 0 Å². The Bertz CT molecular complexity index is 479. The molecule has 2 rings (SSSR count). The van der Waals surface area contributed by atoms with Crippen molar-refractivity contribution in [2.24, 2.45) is 5.92 Å². The zero-order valence-electron chi connectivity index (χ0n) is 12.5. The Morgan fingerprint density at radius 2 is 2.14 bits per heavy atom. The van der Waals surface area contributed by atoms with Crippen LogP contribution >= 0.6 is 34.9 Å². The maximum atomic E-state index is 12.5. The fourth-order valence-electron chi connectivity index (χ4n) is 2.28. The standard InChI is InChI=1S/C13H21N3O2S3/c1-4-14-13(9-6-7-9,10(17)18-5-2)8-20-12-16-15-11(19-3)21-12/h9,14H,4-8H2,1-3H3. The lowest BCUT2D eigenvalue weighted by molar-refractivity contribution is -0.151. The van der Waals surface area contributed by atoms with Crippen LogP contribution in [0, 0.1) is 5.92 Å². The van der Waals surface area contributed by atoms with Gasteiger partial charge in [-0.2, -0.15) is 0 Å². The Morgan fingerprint density at radius 3 is 2.67 bits per heavy atom. The van der Waals surface area contributed by atoms with E-state index in [0.717, 1.165) is 28.1 Å². The molecule has 0 bridgehead atoms. The zero-order valence-corrected chi connectivity index (χ0v) is 15.0. The van der Waals surface area contributed by atoms with E-state index in [0.29, 0.717) is 18.3 Å². The molecular weight excluding hydrogens is 326 g/mol. The van der Waals surface area contributed by atoms with E-state index in [1.165, 1.54) is 0 Å². The van der Waals surface area contributed by atoms with Gasteiger partial charge in [0.05, 0.1) is 6.61 Å². The first kappa shape index (κ1) is 17.1. The fraction of sp³-hybridized carbons (Fsp3) is 0.769. The summed E-state index contributed by atoms with van der Waals surface area (Å²) in [4.78, 5) is 12.5. The first-order valence-electron chi connectivity index (χ1n) is 7.08. The Balaban J connectivity index is 2.09. The van der Waals surface area contributed by atoms with Gasteiger partial charge in [-0.15, -0.1) is 10.2 Å². The number of carbonyl (C=O) groups is 1. The minimum Gasteiger partial charge on any atom is -0.465 e. The second-order valence-corrected chi connectivity index (χ2v) is 8.08. The van der Waals surface area contributed by atoms with Crippen molar-refractivity contribution >= 4 is 40.8 Å². The molecule has 0 radical (unpaired) electrons. The fourth-order valence-corrected chi connectivity index (χ4v) is 4.99. The first-order chi connectivity index (χ1) is 10.2. The largest absolute Gasteiger partial charge is 0.465 e. The molecule has 8 heteroatoms. The van der Waals surface area contributed by atoms with Crippen LogP contribution in [0.4, 0.5) is 0 Å². The lowest BCUT2D eigenvalue weighted by atomic mass is 9.95. The Morgan fingerprint density at radius 1 is 1.43 bits per heavy atom. The molecule has 1 aliphatic carbocycles. The molecule has 1 atom stereocenters. The number of thioether (sulfide) groups is 2. The quantitative estimate of drug-likeness (QED) is 0.544. The molecule has 1 heterocycles. The molecule has 1 aromatic heterocycles. The van der Waals surface area contributed by atoms with Gasteiger partial charge in [-0.1, -0.05) is 41.8 Å². The van der Waals surface area contributed by atoms with Crippen LogP contribution in [0.15, 0.2) is 8.68 Å². The van der Waals surface area contributed by atoms with Crippen LogP contribution in [-0.4, -0.2) is 46.9 Å². The van der Waals surface area contributed by atoms with Gasteiger partial charge in [-0.05, 0) is 38.5 Å². The van der Waals surface area contributed by atoms with Crippen molar-refractivity contribution in [3.63, 3.8) is 0 Å². The highest BCUT2D eigenvalue weighted by Crippen LogP contribution is 2.43. The topological polar surface area (TPSA) is 64.1 Å². The number of carbonyl (C=O) groups excluding carboxylic acids is 1. The highest BCUT2D eigenvalue weighted by atomic mass is 32.2. The molecule has 1 saturated carbocycles. The van der Waals surface area contributed by atoms with E-state index in [1.807, 2.05) is 20.1 Å². The van der Waals surface area contributed by atoms with Crippen molar-refractivity contribution < 1.29 is 9.53 Å². The summed E-state index contributed by atoms with van der Waals surface area (Å²) in [5.41, 5.74) is -0.583. The average Bonchev–Trinajstić information content (AvgIpc) is 3.23. The number of nitrogens with zero attached hydrogens (tertiary/aromatic N) is 2.